The summed E-state index contributed by atoms with van der Waals surface area (Å²) in [6.45, 7) is 3.31. The van der Waals surface area contributed by atoms with Crippen molar-refractivity contribution in [3.8, 4) is 0 Å². The Hall–Kier alpha value is -0.180. The van der Waals surface area contributed by atoms with Crippen LogP contribution in [0.25, 0.3) is 0 Å². The van der Waals surface area contributed by atoms with Crippen molar-refractivity contribution in [1.29, 1.82) is 0 Å². The Morgan fingerprint density at radius 1 is 1.88 bits per heavy atom. The molecule has 0 aromatic rings. The Morgan fingerprint density at radius 2 is 2.38 bits per heavy atom. The largest absolute Gasteiger partial charge is 0.452 e. The molecule has 0 saturated heterocycles. The molecule has 0 aromatic carbocycles. The van der Waals surface area contributed by atoms with E-state index in [1.54, 1.807) is 13.8 Å². The van der Waals surface area contributed by atoms with Crippen LogP contribution >= 0.6 is 12.6 Å². The van der Waals surface area contributed by atoms with Gasteiger partial charge in [0.05, 0.1) is 6.42 Å². The maximum atomic E-state index is 10.3. The van der Waals surface area contributed by atoms with Crippen molar-refractivity contribution in [2.75, 3.05) is 0 Å². The van der Waals surface area contributed by atoms with Gasteiger partial charge in [-0.25, -0.2) is 0 Å². The van der Waals surface area contributed by atoms with Gasteiger partial charge in [0.1, 0.15) is 5.44 Å². The number of carbonyl (C=O) groups excluding carboxylic acids is 1. The van der Waals surface area contributed by atoms with E-state index in [2.05, 4.69) is 17.4 Å². The Bertz CT molecular complexity index is 80.5. The minimum Gasteiger partial charge on any atom is -0.452 e. The molecule has 2 nitrogen and oxygen atoms in total. The van der Waals surface area contributed by atoms with E-state index < -0.39 is 0 Å². The molecule has 3 heteroatoms. The number of hydrogen-bond acceptors (Lipinski definition) is 3. The molecular weight excluding hydrogens is 124 g/mol. The number of carbonyl (C=O) groups is 1. The van der Waals surface area contributed by atoms with Gasteiger partial charge >= 0.3 is 5.97 Å². The first-order chi connectivity index (χ1) is 3.66. The van der Waals surface area contributed by atoms with Gasteiger partial charge in [-0.1, -0.05) is 6.92 Å². The van der Waals surface area contributed by atoms with E-state index in [1.165, 1.54) is 6.42 Å². The predicted molar refractivity (Wildman–Crippen MR) is 34.5 cm³/mol. The van der Waals surface area contributed by atoms with Crippen LogP contribution in [0.3, 0.4) is 0 Å². The SMILES string of the molecule is C[CH]C(=O)OC(C)S. The molecule has 1 radical (unpaired) electrons. The van der Waals surface area contributed by atoms with E-state index in [0.717, 1.165) is 0 Å². The van der Waals surface area contributed by atoms with Crippen LogP contribution in [0.4, 0.5) is 0 Å². The molecular formula is C5H9O2S. The monoisotopic (exact) mass is 133 g/mol. The van der Waals surface area contributed by atoms with E-state index in [1.807, 2.05) is 0 Å². The summed E-state index contributed by atoms with van der Waals surface area (Å²) in [6, 6.07) is 0. The summed E-state index contributed by atoms with van der Waals surface area (Å²) < 4.78 is 4.57. The highest BCUT2D eigenvalue weighted by atomic mass is 32.1. The summed E-state index contributed by atoms with van der Waals surface area (Å²) in [4.78, 5) is 10.3. The number of thiol groups is 1. The predicted octanol–water partition coefficient (Wildman–Crippen LogP) is 1.03. The fourth-order valence-corrected chi connectivity index (χ4v) is 0.340. The highest BCUT2D eigenvalue weighted by Crippen LogP contribution is 1.95. The average molecular weight is 133 g/mol. The van der Waals surface area contributed by atoms with E-state index >= 15 is 0 Å². The third kappa shape index (κ3) is 3.99. The van der Waals surface area contributed by atoms with E-state index in [4.69, 9.17) is 0 Å². The standard InChI is InChI=1S/C5H9O2S/c1-3-5(6)7-4(2)8/h3-4,8H,1-2H3. The van der Waals surface area contributed by atoms with Crippen molar-refractivity contribution < 1.29 is 9.53 Å². The fourth-order valence-electron chi connectivity index (χ4n) is 0.236. The second-order valence-electron chi connectivity index (χ2n) is 1.32. The Labute approximate surface area is 54.6 Å². The third-order valence-corrected chi connectivity index (χ3v) is 0.628. The quantitative estimate of drug-likeness (QED) is 0.346. The summed E-state index contributed by atoms with van der Waals surface area (Å²) in [5.74, 6) is -0.326. The van der Waals surface area contributed by atoms with Gasteiger partial charge < -0.3 is 4.74 Å². The van der Waals surface area contributed by atoms with Crippen LogP contribution in [0.1, 0.15) is 13.8 Å². The van der Waals surface area contributed by atoms with Gasteiger partial charge in [-0.3, -0.25) is 4.79 Å². The zero-order valence-corrected chi connectivity index (χ0v) is 5.81. The lowest BCUT2D eigenvalue weighted by atomic mass is 10.5. The molecule has 0 fully saturated rings. The molecule has 0 N–H and O–H groups in total. The number of ether oxygens (including phenoxy) is 1. The van der Waals surface area contributed by atoms with Crippen molar-refractivity contribution in [1.82, 2.24) is 0 Å². The van der Waals surface area contributed by atoms with Gasteiger partial charge in [0.2, 0.25) is 0 Å². The molecule has 8 heavy (non-hydrogen) atoms. The Kier molecular flexibility index (Phi) is 3.69. The van der Waals surface area contributed by atoms with Crippen molar-refractivity contribution in [2.24, 2.45) is 0 Å². The normalized spacial score (nSPS) is 12.9. The van der Waals surface area contributed by atoms with Crippen molar-refractivity contribution >= 4 is 18.6 Å². The van der Waals surface area contributed by atoms with Crippen molar-refractivity contribution in [3.05, 3.63) is 6.42 Å². The highest BCUT2D eigenvalue weighted by molar-refractivity contribution is 7.80. The van der Waals surface area contributed by atoms with E-state index in [-0.39, 0.29) is 11.4 Å². The summed E-state index contributed by atoms with van der Waals surface area (Å²) in [5, 5.41) is 0. The van der Waals surface area contributed by atoms with Gasteiger partial charge in [0, 0.05) is 0 Å². The molecule has 0 rings (SSSR count). The number of esters is 1. The topological polar surface area (TPSA) is 26.3 Å². The lowest BCUT2D eigenvalue weighted by Gasteiger charge is -2.03. The second kappa shape index (κ2) is 3.78. The number of rotatable bonds is 2. The van der Waals surface area contributed by atoms with Crippen molar-refractivity contribution in [3.63, 3.8) is 0 Å². The van der Waals surface area contributed by atoms with Gasteiger partial charge in [-0.2, -0.15) is 0 Å². The van der Waals surface area contributed by atoms with Gasteiger partial charge in [0.15, 0.2) is 0 Å². The Balaban J connectivity index is 3.25. The first kappa shape index (κ1) is 7.82. The fraction of sp³-hybridized carbons (Fsp3) is 0.600. The van der Waals surface area contributed by atoms with Crippen LogP contribution < -0.4 is 0 Å². The van der Waals surface area contributed by atoms with Crippen LogP contribution in [0.2, 0.25) is 0 Å². The lowest BCUT2D eigenvalue weighted by Crippen LogP contribution is -2.07. The van der Waals surface area contributed by atoms with E-state index in [0.29, 0.717) is 0 Å². The Morgan fingerprint density at radius 3 is 2.50 bits per heavy atom. The highest BCUT2D eigenvalue weighted by Gasteiger charge is 2.00. The van der Waals surface area contributed by atoms with Gasteiger partial charge in [-0.05, 0) is 6.92 Å². The first-order valence-corrected chi connectivity index (χ1v) is 2.86. The molecule has 0 saturated carbocycles. The number of hydrogen-bond donors (Lipinski definition) is 1. The molecule has 47 valence electrons. The van der Waals surface area contributed by atoms with Gasteiger partial charge in [0.25, 0.3) is 0 Å². The summed E-state index contributed by atoms with van der Waals surface area (Å²) in [7, 11) is 0. The molecule has 0 aromatic heterocycles. The second-order valence-corrected chi connectivity index (χ2v) is 2.05. The molecule has 1 atom stereocenters. The third-order valence-electron chi connectivity index (χ3n) is 0.522. The molecule has 1 unspecified atom stereocenters. The molecule has 0 aliphatic heterocycles. The molecule has 0 bridgehead atoms. The molecule has 0 aliphatic carbocycles. The summed E-state index contributed by atoms with van der Waals surface area (Å²) in [6.07, 6.45) is 1.35. The van der Waals surface area contributed by atoms with Crippen LogP contribution in [-0.4, -0.2) is 11.4 Å². The lowest BCUT2D eigenvalue weighted by molar-refractivity contribution is -0.140. The van der Waals surface area contributed by atoms with Crippen LogP contribution in [0.15, 0.2) is 0 Å². The average Bonchev–Trinajstić information content (AvgIpc) is 1.65. The molecule has 0 amide bonds. The van der Waals surface area contributed by atoms with Crippen molar-refractivity contribution in [2.45, 2.75) is 19.3 Å². The zero-order chi connectivity index (χ0) is 6.57. The molecule has 0 heterocycles. The minimum atomic E-state index is -0.326. The smallest absolute Gasteiger partial charge is 0.310 e. The van der Waals surface area contributed by atoms with Crippen LogP contribution in [0.5, 0.6) is 0 Å². The molecule has 0 aliphatic rings. The van der Waals surface area contributed by atoms with Crippen LogP contribution in [0, 0.1) is 6.42 Å². The zero-order valence-electron chi connectivity index (χ0n) is 4.92. The summed E-state index contributed by atoms with van der Waals surface area (Å²) >= 11 is 3.83. The first-order valence-electron chi connectivity index (χ1n) is 2.35. The maximum absolute atomic E-state index is 10.3. The minimum absolute atomic E-state index is 0.307. The maximum Gasteiger partial charge on any atom is 0.310 e. The van der Waals surface area contributed by atoms with Gasteiger partial charge in [-0.15, -0.1) is 12.6 Å². The summed E-state index contributed by atoms with van der Waals surface area (Å²) in [5.41, 5.74) is -0.307. The molecule has 0 spiro atoms. The van der Waals surface area contributed by atoms with E-state index in [9.17, 15) is 4.79 Å². The van der Waals surface area contributed by atoms with Crippen LogP contribution in [-0.2, 0) is 9.53 Å².